The van der Waals surface area contributed by atoms with E-state index >= 15 is 0 Å². The molecule has 2 rings (SSSR count). The predicted octanol–water partition coefficient (Wildman–Crippen LogP) is 2.49. The Morgan fingerprint density at radius 2 is 1.93 bits per heavy atom. The van der Waals surface area contributed by atoms with Gasteiger partial charge in [0.25, 0.3) is 0 Å². The molecule has 1 aromatic carbocycles. The van der Waals surface area contributed by atoms with Crippen molar-refractivity contribution in [3.05, 3.63) is 41.1 Å². The van der Waals surface area contributed by atoms with Gasteiger partial charge in [-0.3, -0.25) is 0 Å². The second-order valence-electron chi connectivity index (χ2n) is 2.81. The molecule has 1 heterocycles. The summed E-state index contributed by atoms with van der Waals surface area (Å²) < 4.78 is 0.998. The average Bonchev–Trinajstić information content (AvgIpc) is 2.18. The Labute approximate surface area is 90.1 Å². The zero-order valence-electron chi connectivity index (χ0n) is 7.31. The molecule has 0 radical (unpaired) electrons. The first kappa shape index (κ1) is 9.15. The Hall–Kier alpha value is -1.42. The minimum atomic E-state index is 0.478. The zero-order valence-corrected chi connectivity index (χ0v) is 8.90. The molecule has 2 aromatic rings. The Kier molecular flexibility index (Phi) is 2.45. The summed E-state index contributed by atoms with van der Waals surface area (Å²) in [5.41, 5.74) is 7.42. The number of rotatable bonds is 1. The van der Waals surface area contributed by atoms with Gasteiger partial charge in [-0.25, -0.2) is 9.97 Å². The summed E-state index contributed by atoms with van der Waals surface area (Å²) in [5.74, 6) is 0.478. The topological polar surface area (TPSA) is 51.8 Å². The second-order valence-corrected chi connectivity index (χ2v) is 3.66. The molecule has 0 fully saturated rings. The van der Waals surface area contributed by atoms with Crippen LogP contribution in [-0.4, -0.2) is 9.97 Å². The first-order valence-corrected chi connectivity index (χ1v) is 4.89. The molecule has 0 aliphatic carbocycles. The van der Waals surface area contributed by atoms with Crippen molar-refractivity contribution in [1.29, 1.82) is 0 Å². The number of nitrogens with zero attached hydrogens (tertiary/aromatic N) is 2. The van der Waals surface area contributed by atoms with Crippen LogP contribution < -0.4 is 5.73 Å². The van der Waals surface area contributed by atoms with Crippen LogP contribution >= 0.6 is 15.9 Å². The standard InChI is InChI=1S/C10H8BrN3/c11-8-4-2-1-3-7(8)9-5-10(12)14-6-13-9/h1-6H,(H2,12,13,14). The predicted molar refractivity (Wildman–Crippen MR) is 59.6 cm³/mol. The highest BCUT2D eigenvalue weighted by molar-refractivity contribution is 9.10. The lowest BCUT2D eigenvalue weighted by molar-refractivity contribution is 1.18. The van der Waals surface area contributed by atoms with Gasteiger partial charge in [-0.2, -0.15) is 0 Å². The molecule has 2 N–H and O–H groups in total. The molecule has 4 heteroatoms. The van der Waals surface area contributed by atoms with E-state index < -0.39 is 0 Å². The van der Waals surface area contributed by atoms with Gasteiger partial charge in [0.2, 0.25) is 0 Å². The highest BCUT2D eigenvalue weighted by atomic mass is 79.9. The van der Waals surface area contributed by atoms with Crippen LogP contribution in [0.2, 0.25) is 0 Å². The van der Waals surface area contributed by atoms with Crippen LogP contribution in [0.3, 0.4) is 0 Å². The number of benzene rings is 1. The summed E-state index contributed by atoms with van der Waals surface area (Å²) >= 11 is 3.46. The van der Waals surface area contributed by atoms with Crippen molar-refractivity contribution >= 4 is 21.7 Å². The summed E-state index contributed by atoms with van der Waals surface area (Å²) in [5, 5.41) is 0. The fourth-order valence-corrected chi connectivity index (χ4v) is 1.68. The SMILES string of the molecule is Nc1cc(-c2ccccc2Br)ncn1. The molecular weight excluding hydrogens is 242 g/mol. The van der Waals surface area contributed by atoms with Crippen molar-refractivity contribution in [1.82, 2.24) is 9.97 Å². The number of nitrogen functional groups attached to an aromatic ring is 1. The fraction of sp³-hybridized carbons (Fsp3) is 0. The number of nitrogens with two attached hydrogens (primary N) is 1. The molecule has 0 saturated carbocycles. The van der Waals surface area contributed by atoms with Crippen LogP contribution in [0.5, 0.6) is 0 Å². The molecular formula is C10H8BrN3. The van der Waals surface area contributed by atoms with Crippen LogP contribution in [0.25, 0.3) is 11.3 Å². The Morgan fingerprint density at radius 1 is 1.14 bits per heavy atom. The van der Waals surface area contributed by atoms with Crippen molar-refractivity contribution < 1.29 is 0 Å². The maximum atomic E-state index is 5.58. The van der Waals surface area contributed by atoms with Crippen LogP contribution in [0.1, 0.15) is 0 Å². The van der Waals surface area contributed by atoms with E-state index in [1.54, 1.807) is 6.07 Å². The minimum absolute atomic E-state index is 0.478. The van der Waals surface area contributed by atoms with Gasteiger partial charge >= 0.3 is 0 Å². The third-order valence-corrected chi connectivity index (χ3v) is 2.53. The maximum Gasteiger partial charge on any atom is 0.127 e. The highest BCUT2D eigenvalue weighted by Crippen LogP contribution is 2.26. The van der Waals surface area contributed by atoms with E-state index in [-0.39, 0.29) is 0 Å². The lowest BCUT2D eigenvalue weighted by Gasteiger charge is -2.02. The smallest absolute Gasteiger partial charge is 0.127 e. The fourth-order valence-electron chi connectivity index (χ4n) is 1.19. The summed E-state index contributed by atoms with van der Waals surface area (Å²) in [7, 11) is 0. The van der Waals surface area contributed by atoms with E-state index in [0.29, 0.717) is 5.82 Å². The van der Waals surface area contributed by atoms with Gasteiger partial charge in [0.15, 0.2) is 0 Å². The van der Waals surface area contributed by atoms with E-state index in [4.69, 9.17) is 5.73 Å². The minimum Gasteiger partial charge on any atom is -0.384 e. The summed E-state index contributed by atoms with van der Waals surface area (Å²) in [6, 6.07) is 9.61. The molecule has 0 saturated heterocycles. The van der Waals surface area contributed by atoms with E-state index in [9.17, 15) is 0 Å². The third kappa shape index (κ3) is 1.75. The first-order chi connectivity index (χ1) is 6.77. The van der Waals surface area contributed by atoms with Gasteiger partial charge in [-0.15, -0.1) is 0 Å². The number of aromatic nitrogens is 2. The van der Waals surface area contributed by atoms with Gasteiger partial charge in [-0.1, -0.05) is 34.1 Å². The molecule has 14 heavy (non-hydrogen) atoms. The molecule has 0 bridgehead atoms. The van der Waals surface area contributed by atoms with Gasteiger partial charge in [0.1, 0.15) is 12.1 Å². The largest absolute Gasteiger partial charge is 0.384 e. The molecule has 0 amide bonds. The second kappa shape index (κ2) is 3.75. The molecule has 0 aliphatic heterocycles. The first-order valence-electron chi connectivity index (χ1n) is 4.10. The van der Waals surface area contributed by atoms with E-state index in [1.165, 1.54) is 6.33 Å². The Balaban J connectivity index is 2.55. The van der Waals surface area contributed by atoms with E-state index in [2.05, 4.69) is 25.9 Å². The van der Waals surface area contributed by atoms with E-state index in [1.807, 2.05) is 24.3 Å². The quantitative estimate of drug-likeness (QED) is 0.845. The summed E-state index contributed by atoms with van der Waals surface area (Å²) in [6.45, 7) is 0. The molecule has 3 nitrogen and oxygen atoms in total. The lowest BCUT2D eigenvalue weighted by Crippen LogP contribution is -1.92. The van der Waals surface area contributed by atoms with Crippen molar-refractivity contribution in [2.45, 2.75) is 0 Å². The number of hydrogen-bond acceptors (Lipinski definition) is 3. The van der Waals surface area contributed by atoms with Crippen LogP contribution in [0.4, 0.5) is 5.82 Å². The lowest BCUT2D eigenvalue weighted by atomic mass is 10.1. The van der Waals surface area contributed by atoms with Gasteiger partial charge in [0, 0.05) is 16.1 Å². The third-order valence-electron chi connectivity index (χ3n) is 1.84. The van der Waals surface area contributed by atoms with Gasteiger partial charge in [0.05, 0.1) is 5.69 Å². The van der Waals surface area contributed by atoms with Crippen molar-refractivity contribution in [3.8, 4) is 11.3 Å². The van der Waals surface area contributed by atoms with Gasteiger partial charge in [-0.05, 0) is 6.07 Å². The Morgan fingerprint density at radius 3 is 2.64 bits per heavy atom. The van der Waals surface area contributed by atoms with Crippen molar-refractivity contribution in [3.63, 3.8) is 0 Å². The van der Waals surface area contributed by atoms with Crippen LogP contribution in [-0.2, 0) is 0 Å². The zero-order chi connectivity index (χ0) is 9.97. The maximum absolute atomic E-state index is 5.58. The monoisotopic (exact) mass is 249 g/mol. The normalized spacial score (nSPS) is 10.1. The molecule has 0 atom stereocenters. The highest BCUT2D eigenvalue weighted by Gasteiger charge is 2.03. The van der Waals surface area contributed by atoms with Crippen LogP contribution in [0.15, 0.2) is 41.1 Å². The van der Waals surface area contributed by atoms with Crippen LogP contribution in [0, 0.1) is 0 Å². The molecule has 0 aliphatic rings. The van der Waals surface area contributed by atoms with Crippen molar-refractivity contribution in [2.24, 2.45) is 0 Å². The molecule has 0 unspecified atom stereocenters. The number of anilines is 1. The molecule has 1 aromatic heterocycles. The van der Waals surface area contributed by atoms with Gasteiger partial charge < -0.3 is 5.73 Å². The molecule has 0 spiro atoms. The summed E-state index contributed by atoms with van der Waals surface area (Å²) in [6.07, 6.45) is 1.46. The summed E-state index contributed by atoms with van der Waals surface area (Å²) in [4.78, 5) is 8.00. The van der Waals surface area contributed by atoms with E-state index in [0.717, 1.165) is 15.7 Å². The average molecular weight is 250 g/mol. The number of hydrogen-bond donors (Lipinski definition) is 1. The van der Waals surface area contributed by atoms with Crippen molar-refractivity contribution in [2.75, 3.05) is 5.73 Å². The molecule has 70 valence electrons. The Bertz CT molecular complexity index is 457. The number of halogens is 1.